The summed E-state index contributed by atoms with van der Waals surface area (Å²) >= 11 is 6.06. The van der Waals surface area contributed by atoms with Crippen LogP contribution in [0.4, 0.5) is 5.69 Å². The first kappa shape index (κ1) is 18.0. The van der Waals surface area contributed by atoms with Gasteiger partial charge < -0.3 is 5.32 Å². The average Bonchev–Trinajstić information content (AvgIpc) is 2.58. The minimum absolute atomic E-state index is 0.176. The summed E-state index contributed by atoms with van der Waals surface area (Å²) in [6, 6.07) is 12.7. The van der Waals surface area contributed by atoms with Gasteiger partial charge in [-0.1, -0.05) is 49.4 Å². The predicted molar refractivity (Wildman–Crippen MR) is 98.7 cm³/mol. The van der Waals surface area contributed by atoms with E-state index in [1.165, 1.54) is 0 Å². The number of ketones is 2. The van der Waals surface area contributed by atoms with Gasteiger partial charge in [0, 0.05) is 16.3 Å². The third kappa shape index (κ3) is 4.56. The zero-order valence-electron chi connectivity index (χ0n) is 13.9. The van der Waals surface area contributed by atoms with Gasteiger partial charge in [-0.2, -0.15) is 0 Å². The van der Waals surface area contributed by atoms with Crippen LogP contribution in [-0.2, 0) is 11.2 Å². The highest BCUT2D eigenvalue weighted by molar-refractivity contribution is 6.31. The molecular formula is C20H20ClNO2. The predicted octanol–water partition coefficient (Wildman–Crippen LogP) is 4.98. The number of rotatable bonds is 7. The van der Waals surface area contributed by atoms with Crippen LogP contribution in [0.1, 0.15) is 34.8 Å². The van der Waals surface area contributed by atoms with Crippen LogP contribution in [0.15, 0.2) is 54.7 Å². The molecule has 0 saturated carbocycles. The molecule has 1 N–H and O–H groups in total. The van der Waals surface area contributed by atoms with Gasteiger partial charge in [0.2, 0.25) is 0 Å². The standard InChI is InChI=1S/C20H20ClNO2/c1-4-15-6-5-7-16(10-15)20(24)12-19(23)14(3)22-17-9-8-13(2)18(21)11-17/h5-11,22H,3-4,12H2,1-2H3. The van der Waals surface area contributed by atoms with E-state index >= 15 is 0 Å². The largest absolute Gasteiger partial charge is 0.353 e. The van der Waals surface area contributed by atoms with Crippen molar-refractivity contribution in [1.29, 1.82) is 0 Å². The number of allylic oxidation sites excluding steroid dienone is 1. The first-order valence-corrected chi connectivity index (χ1v) is 8.16. The summed E-state index contributed by atoms with van der Waals surface area (Å²) in [6.07, 6.45) is 0.635. The molecule has 0 heterocycles. The molecule has 2 aromatic rings. The van der Waals surface area contributed by atoms with E-state index in [-0.39, 0.29) is 23.7 Å². The van der Waals surface area contributed by atoms with Crippen molar-refractivity contribution in [3.05, 3.63) is 76.5 Å². The molecule has 4 heteroatoms. The molecule has 0 atom stereocenters. The Labute approximate surface area is 147 Å². The number of hydrogen-bond acceptors (Lipinski definition) is 3. The van der Waals surface area contributed by atoms with Crippen molar-refractivity contribution >= 4 is 28.9 Å². The molecular weight excluding hydrogens is 322 g/mol. The van der Waals surface area contributed by atoms with Gasteiger partial charge in [0.25, 0.3) is 0 Å². The molecule has 124 valence electrons. The van der Waals surface area contributed by atoms with Crippen molar-refractivity contribution in [2.75, 3.05) is 5.32 Å². The van der Waals surface area contributed by atoms with Crippen LogP contribution in [0.5, 0.6) is 0 Å². The zero-order valence-corrected chi connectivity index (χ0v) is 14.6. The van der Waals surface area contributed by atoms with E-state index in [9.17, 15) is 9.59 Å². The van der Waals surface area contributed by atoms with Crippen molar-refractivity contribution in [3.8, 4) is 0 Å². The Balaban J connectivity index is 2.01. The quantitative estimate of drug-likeness (QED) is 0.439. The maximum absolute atomic E-state index is 12.3. The number of carbonyl (C=O) groups excluding carboxylic acids is 2. The molecule has 0 unspecified atom stereocenters. The molecule has 0 fully saturated rings. The van der Waals surface area contributed by atoms with E-state index in [2.05, 4.69) is 11.9 Å². The molecule has 3 nitrogen and oxygen atoms in total. The van der Waals surface area contributed by atoms with Crippen molar-refractivity contribution < 1.29 is 9.59 Å². The number of halogens is 1. The van der Waals surface area contributed by atoms with Gasteiger partial charge in [0.15, 0.2) is 11.6 Å². The number of hydrogen-bond donors (Lipinski definition) is 1. The van der Waals surface area contributed by atoms with Crippen LogP contribution >= 0.6 is 11.6 Å². The zero-order chi connectivity index (χ0) is 17.7. The fourth-order valence-corrected chi connectivity index (χ4v) is 2.41. The molecule has 0 saturated heterocycles. The maximum atomic E-state index is 12.3. The highest BCUT2D eigenvalue weighted by atomic mass is 35.5. The first-order chi connectivity index (χ1) is 11.4. The maximum Gasteiger partial charge on any atom is 0.186 e. The third-order valence-corrected chi connectivity index (χ3v) is 4.19. The molecule has 0 aliphatic rings. The van der Waals surface area contributed by atoms with Crippen LogP contribution in [0, 0.1) is 6.92 Å². The number of carbonyl (C=O) groups is 2. The van der Waals surface area contributed by atoms with Gasteiger partial charge in [-0.3, -0.25) is 9.59 Å². The van der Waals surface area contributed by atoms with E-state index in [1.54, 1.807) is 12.1 Å². The number of Topliss-reactive ketones (excluding diaryl/α,β-unsaturated/α-hetero) is 2. The van der Waals surface area contributed by atoms with Gasteiger partial charge in [-0.25, -0.2) is 0 Å². The fraction of sp³-hybridized carbons (Fsp3) is 0.200. The highest BCUT2D eigenvalue weighted by Crippen LogP contribution is 2.21. The molecule has 0 radical (unpaired) electrons. The van der Waals surface area contributed by atoms with Crippen molar-refractivity contribution in [2.24, 2.45) is 0 Å². The lowest BCUT2D eigenvalue weighted by Gasteiger charge is -2.10. The minimum Gasteiger partial charge on any atom is -0.353 e. The Morgan fingerprint density at radius 1 is 1.17 bits per heavy atom. The van der Waals surface area contributed by atoms with Crippen molar-refractivity contribution in [1.82, 2.24) is 0 Å². The van der Waals surface area contributed by atoms with Crippen molar-refractivity contribution in [3.63, 3.8) is 0 Å². The summed E-state index contributed by atoms with van der Waals surface area (Å²) in [5.41, 5.74) is 3.41. The van der Waals surface area contributed by atoms with Gasteiger partial charge in [-0.05, 0) is 42.7 Å². The molecule has 2 rings (SSSR count). The number of nitrogens with one attached hydrogen (secondary N) is 1. The van der Waals surface area contributed by atoms with E-state index in [4.69, 9.17) is 11.6 Å². The van der Waals surface area contributed by atoms with Crippen molar-refractivity contribution in [2.45, 2.75) is 26.7 Å². The minimum atomic E-state index is -0.335. The van der Waals surface area contributed by atoms with Gasteiger partial charge in [0.1, 0.15) is 0 Å². The highest BCUT2D eigenvalue weighted by Gasteiger charge is 2.15. The summed E-state index contributed by atoms with van der Waals surface area (Å²) in [4.78, 5) is 24.5. The molecule has 0 aliphatic heterocycles. The number of aryl methyl sites for hydroxylation is 2. The summed E-state index contributed by atoms with van der Waals surface area (Å²) < 4.78 is 0. The average molecular weight is 342 g/mol. The summed E-state index contributed by atoms with van der Waals surface area (Å²) in [6.45, 7) is 7.65. The topological polar surface area (TPSA) is 46.2 Å². The summed E-state index contributed by atoms with van der Waals surface area (Å²) in [5.74, 6) is -0.543. The Bertz CT molecular complexity index is 796. The molecule has 0 aliphatic carbocycles. The molecule has 0 amide bonds. The second kappa shape index (κ2) is 7.93. The van der Waals surface area contributed by atoms with Gasteiger partial charge in [0.05, 0.1) is 12.1 Å². The van der Waals surface area contributed by atoms with Crippen LogP contribution < -0.4 is 5.32 Å². The summed E-state index contributed by atoms with van der Waals surface area (Å²) in [7, 11) is 0. The van der Waals surface area contributed by atoms with Crippen LogP contribution in [-0.4, -0.2) is 11.6 Å². The van der Waals surface area contributed by atoms with E-state index in [1.807, 2.05) is 44.2 Å². The lowest BCUT2D eigenvalue weighted by atomic mass is 10.0. The molecule has 0 spiro atoms. The smallest absolute Gasteiger partial charge is 0.186 e. The normalized spacial score (nSPS) is 10.3. The molecule has 0 bridgehead atoms. The second-order valence-corrected chi connectivity index (χ2v) is 6.05. The third-order valence-electron chi connectivity index (χ3n) is 3.78. The van der Waals surface area contributed by atoms with Crippen LogP contribution in [0.3, 0.4) is 0 Å². The van der Waals surface area contributed by atoms with Crippen LogP contribution in [0.2, 0.25) is 5.02 Å². The first-order valence-electron chi connectivity index (χ1n) is 7.78. The monoisotopic (exact) mass is 341 g/mol. The van der Waals surface area contributed by atoms with E-state index < -0.39 is 0 Å². The van der Waals surface area contributed by atoms with Gasteiger partial charge >= 0.3 is 0 Å². The Kier molecular flexibility index (Phi) is 5.93. The molecule has 2 aromatic carbocycles. The Hall–Kier alpha value is -2.39. The SMILES string of the molecule is C=C(Nc1ccc(C)c(Cl)c1)C(=O)CC(=O)c1cccc(CC)c1. The number of benzene rings is 2. The van der Waals surface area contributed by atoms with Gasteiger partial charge in [-0.15, -0.1) is 0 Å². The lowest BCUT2D eigenvalue weighted by Crippen LogP contribution is -2.15. The molecule has 24 heavy (non-hydrogen) atoms. The van der Waals surface area contributed by atoms with E-state index in [0.717, 1.165) is 17.5 Å². The van der Waals surface area contributed by atoms with E-state index in [0.29, 0.717) is 16.3 Å². The molecule has 0 aromatic heterocycles. The number of anilines is 1. The Morgan fingerprint density at radius 3 is 2.58 bits per heavy atom. The Morgan fingerprint density at radius 2 is 1.92 bits per heavy atom. The second-order valence-electron chi connectivity index (χ2n) is 5.64. The summed E-state index contributed by atoms with van der Waals surface area (Å²) in [5, 5.41) is 3.51. The fourth-order valence-electron chi connectivity index (χ4n) is 2.23. The lowest BCUT2D eigenvalue weighted by molar-refractivity contribution is -0.114. The van der Waals surface area contributed by atoms with Crippen LogP contribution in [0.25, 0.3) is 0 Å².